The Balaban J connectivity index is 1.57. The molecule has 7 nitrogen and oxygen atoms in total. The van der Waals surface area contributed by atoms with Gasteiger partial charge < -0.3 is 9.47 Å². The molecule has 1 unspecified atom stereocenters. The van der Waals surface area contributed by atoms with Gasteiger partial charge in [0.25, 0.3) is 5.56 Å². The number of aromatic amines is 1. The molecule has 3 rings (SSSR count). The molecule has 1 aromatic carbocycles. The number of hydrogen-bond donors (Lipinski definition) is 1. The summed E-state index contributed by atoms with van der Waals surface area (Å²) in [5, 5.41) is 0. The maximum absolute atomic E-state index is 11.9. The third kappa shape index (κ3) is 3.57. The Morgan fingerprint density at radius 1 is 1.22 bits per heavy atom. The van der Waals surface area contributed by atoms with Crippen molar-refractivity contribution in [1.82, 2.24) is 9.55 Å². The third-order valence-corrected chi connectivity index (χ3v) is 3.66. The molecular weight excluding hydrogens is 300 g/mol. The minimum absolute atomic E-state index is 0.127. The van der Waals surface area contributed by atoms with Crippen LogP contribution >= 0.6 is 0 Å². The smallest absolute Gasteiger partial charge is 0.338 e. The highest BCUT2D eigenvalue weighted by atomic mass is 16.6. The number of nitrogens with zero attached hydrogens (tertiary/aromatic N) is 1. The van der Waals surface area contributed by atoms with E-state index in [-0.39, 0.29) is 12.7 Å². The lowest BCUT2D eigenvalue weighted by Gasteiger charge is -2.15. The number of benzene rings is 1. The molecule has 1 saturated heterocycles. The van der Waals surface area contributed by atoms with E-state index in [0.29, 0.717) is 18.4 Å². The lowest BCUT2D eigenvalue weighted by molar-refractivity contribution is -0.0340. The molecule has 2 aromatic rings. The van der Waals surface area contributed by atoms with Gasteiger partial charge in [-0.25, -0.2) is 9.59 Å². The molecule has 120 valence electrons. The van der Waals surface area contributed by atoms with Crippen molar-refractivity contribution >= 4 is 5.97 Å². The molecule has 2 atom stereocenters. The SMILES string of the molecule is O=C(OCC1CC[C@H](n2ccc(=O)[nH]c2=O)O1)c1ccccc1. The summed E-state index contributed by atoms with van der Waals surface area (Å²) in [6.07, 6.45) is 1.95. The summed E-state index contributed by atoms with van der Waals surface area (Å²) in [4.78, 5) is 36.9. The van der Waals surface area contributed by atoms with Gasteiger partial charge in [-0.1, -0.05) is 18.2 Å². The summed E-state index contributed by atoms with van der Waals surface area (Å²) < 4.78 is 12.3. The first kappa shape index (κ1) is 15.2. The second kappa shape index (κ2) is 6.62. The number of ether oxygens (including phenoxy) is 2. The van der Waals surface area contributed by atoms with Gasteiger partial charge in [0, 0.05) is 12.3 Å². The summed E-state index contributed by atoms with van der Waals surface area (Å²) in [6, 6.07) is 9.99. The molecule has 0 spiro atoms. The van der Waals surface area contributed by atoms with Crippen molar-refractivity contribution in [2.45, 2.75) is 25.2 Å². The summed E-state index contributed by atoms with van der Waals surface area (Å²) in [5.74, 6) is -0.404. The van der Waals surface area contributed by atoms with E-state index >= 15 is 0 Å². The Bertz CT molecular complexity index is 796. The van der Waals surface area contributed by atoms with E-state index in [0.717, 1.165) is 0 Å². The summed E-state index contributed by atoms with van der Waals surface area (Å²) in [6.45, 7) is 0.127. The number of rotatable bonds is 4. The predicted octanol–water partition coefficient (Wildman–Crippen LogP) is 1.07. The zero-order chi connectivity index (χ0) is 16.2. The van der Waals surface area contributed by atoms with Crippen molar-refractivity contribution in [3.05, 3.63) is 69.0 Å². The zero-order valence-electron chi connectivity index (χ0n) is 12.3. The molecule has 0 radical (unpaired) electrons. The minimum atomic E-state index is -0.510. The third-order valence-electron chi connectivity index (χ3n) is 3.66. The van der Waals surface area contributed by atoms with Crippen molar-refractivity contribution in [2.75, 3.05) is 6.61 Å². The van der Waals surface area contributed by atoms with Crippen molar-refractivity contribution in [3.63, 3.8) is 0 Å². The van der Waals surface area contributed by atoms with Gasteiger partial charge in [-0.3, -0.25) is 14.3 Å². The maximum Gasteiger partial charge on any atom is 0.338 e. The molecule has 2 heterocycles. The first-order chi connectivity index (χ1) is 11.1. The highest BCUT2D eigenvalue weighted by Crippen LogP contribution is 2.27. The summed E-state index contributed by atoms with van der Waals surface area (Å²) in [5.41, 5.74) is -0.471. The summed E-state index contributed by atoms with van der Waals surface area (Å²) in [7, 11) is 0. The van der Waals surface area contributed by atoms with Gasteiger partial charge in [0.15, 0.2) is 0 Å². The highest BCUT2D eigenvalue weighted by molar-refractivity contribution is 5.89. The predicted molar refractivity (Wildman–Crippen MR) is 81.2 cm³/mol. The van der Waals surface area contributed by atoms with Crippen LogP contribution in [0.15, 0.2) is 52.2 Å². The number of carbonyl (C=O) groups is 1. The molecule has 1 fully saturated rings. The number of aromatic nitrogens is 2. The first-order valence-corrected chi connectivity index (χ1v) is 7.32. The topological polar surface area (TPSA) is 90.4 Å². The van der Waals surface area contributed by atoms with Gasteiger partial charge in [-0.05, 0) is 25.0 Å². The van der Waals surface area contributed by atoms with E-state index in [2.05, 4.69) is 4.98 Å². The fourth-order valence-electron chi connectivity index (χ4n) is 2.49. The number of carbonyl (C=O) groups excluding carboxylic acids is 1. The van der Waals surface area contributed by atoms with Crippen LogP contribution in [0.5, 0.6) is 0 Å². The van der Waals surface area contributed by atoms with E-state index < -0.39 is 23.4 Å². The van der Waals surface area contributed by atoms with Gasteiger partial charge in [0.1, 0.15) is 12.8 Å². The fourth-order valence-corrected chi connectivity index (χ4v) is 2.49. The molecule has 1 aliphatic heterocycles. The van der Waals surface area contributed by atoms with Crippen LogP contribution in [0.4, 0.5) is 0 Å². The van der Waals surface area contributed by atoms with Crippen molar-refractivity contribution in [3.8, 4) is 0 Å². The van der Waals surface area contributed by atoms with Crippen LogP contribution in [0.25, 0.3) is 0 Å². The van der Waals surface area contributed by atoms with Crippen LogP contribution < -0.4 is 11.2 Å². The minimum Gasteiger partial charge on any atom is -0.459 e. The second-order valence-corrected chi connectivity index (χ2v) is 5.27. The van der Waals surface area contributed by atoms with Gasteiger partial charge in [0.2, 0.25) is 0 Å². The lowest BCUT2D eigenvalue weighted by Crippen LogP contribution is -2.31. The van der Waals surface area contributed by atoms with Crippen molar-refractivity contribution < 1.29 is 14.3 Å². The van der Waals surface area contributed by atoms with Crippen LogP contribution in [0.2, 0.25) is 0 Å². The van der Waals surface area contributed by atoms with Gasteiger partial charge >= 0.3 is 11.7 Å². The van der Waals surface area contributed by atoms with Crippen molar-refractivity contribution in [1.29, 1.82) is 0 Å². The standard InChI is InChI=1S/C16H16N2O5/c19-13-8-9-18(16(21)17-13)14-7-6-12(23-14)10-22-15(20)11-4-2-1-3-5-11/h1-5,8-9,12,14H,6-7,10H2,(H,17,19,21)/t12?,14-/m1/s1. The van der Waals surface area contributed by atoms with Crippen LogP contribution in [-0.2, 0) is 9.47 Å². The van der Waals surface area contributed by atoms with Crippen LogP contribution in [-0.4, -0.2) is 28.2 Å². The molecule has 23 heavy (non-hydrogen) atoms. The van der Waals surface area contributed by atoms with E-state index in [1.165, 1.54) is 16.8 Å². The van der Waals surface area contributed by atoms with E-state index in [1.807, 2.05) is 6.07 Å². The van der Waals surface area contributed by atoms with Gasteiger partial charge in [-0.2, -0.15) is 0 Å². The Morgan fingerprint density at radius 2 is 2.00 bits per heavy atom. The second-order valence-electron chi connectivity index (χ2n) is 5.27. The number of H-pyrrole nitrogens is 1. The normalized spacial score (nSPS) is 20.3. The fraction of sp³-hybridized carbons (Fsp3) is 0.312. The lowest BCUT2D eigenvalue weighted by atomic mass is 10.2. The van der Waals surface area contributed by atoms with Crippen LogP contribution in [0.1, 0.15) is 29.4 Å². The first-order valence-electron chi connectivity index (χ1n) is 7.32. The van der Waals surface area contributed by atoms with E-state index in [1.54, 1.807) is 24.3 Å². The maximum atomic E-state index is 11.9. The quantitative estimate of drug-likeness (QED) is 0.852. The molecule has 0 amide bonds. The molecule has 0 saturated carbocycles. The molecule has 0 aliphatic carbocycles. The molecule has 1 aromatic heterocycles. The van der Waals surface area contributed by atoms with Crippen molar-refractivity contribution in [2.24, 2.45) is 0 Å². The number of hydrogen-bond acceptors (Lipinski definition) is 5. The summed E-state index contributed by atoms with van der Waals surface area (Å²) >= 11 is 0. The monoisotopic (exact) mass is 316 g/mol. The highest BCUT2D eigenvalue weighted by Gasteiger charge is 2.28. The number of nitrogens with one attached hydrogen (secondary N) is 1. The van der Waals surface area contributed by atoms with Gasteiger partial charge in [-0.15, -0.1) is 0 Å². The Morgan fingerprint density at radius 3 is 2.74 bits per heavy atom. The molecule has 1 N–H and O–H groups in total. The Labute approximate surface area is 131 Å². The largest absolute Gasteiger partial charge is 0.459 e. The molecular formula is C16H16N2O5. The molecule has 0 bridgehead atoms. The zero-order valence-corrected chi connectivity index (χ0v) is 12.3. The van der Waals surface area contributed by atoms with Crippen LogP contribution in [0, 0.1) is 0 Å². The molecule has 1 aliphatic rings. The van der Waals surface area contributed by atoms with Crippen LogP contribution in [0.3, 0.4) is 0 Å². The van der Waals surface area contributed by atoms with E-state index in [4.69, 9.17) is 9.47 Å². The number of esters is 1. The average molecular weight is 316 g/mol. The average Bonchev–Trinajstić information content (AvgIpc) is 3.02. The Hall–Kier alpha value is -2.67. The van der Waals surface area contributed by atoms with Gasteiger partial charge in [0.05, 0.1) is 11.7 Å². The van der Waals surface area contributed by atoms with E-state index in [9.17, 15) is 14.4 Å². The molecule has 7 heteroatoms. The Kier molecular flexibility index (Phi) is 4.38.